The minimum Gasteiger partial charge on any atom is -0.358 e. The highest BCUT2D eigenvalue weighted by Gasteiger charge is 2.23. The Bertz CT molecular complexity index is 900. The van der Waals surface area contributed by atoms with Crippen molar-refractivity contribution in [3.63, 3.8) is 0 Å². The first kappa shape index (κ1) is 16.5. The van der Waals surface area contributed by atoms with E-state index in [4.69, 9.17) is 0 Å². The molecule has 1 aromatic heterocycles. The number of nitrogens with zero attached hydrogens (tertiary/aromatic N) is 2. The molecule has 2 heterocycles. The maximum Gasteiger partial charge on any atom is 0.233 e. The number of benzene rings is 2. The first-order chi connectivity index (χ1) is 12.7. The van der Waals surface area contributed by atoms with Crippen LogP contribution in [-0.2, 0) is 17.8 Å². The molecule has 2 N–H and O–H groups in total. The van der Waals surface area contributed by atoms with Crippen molar-refractivity contribution in [2.24, 2.45) is 0 Å². The predicted molar refractivity (Wildman–Crippen MR) is 103 cm³/mol. The number of carbonyl (C=O) groups excluding carboxylic acids is 1. The Morgan fingerprint density at radius 1 is 1.08 bits per heavy atom. The number of hydrogen-bond acceptors (Lipinski definition) is 3. The van der Waals surface area contributed by atoms with Crippen LogP contribution in [0.3, 0.4) is 0 Å². The molecule has 4 rings (SSSR count). The molecule has 0 atom stereocenters. The molecule has 0 unspecified atom stereocenters. The Kier molecular flexibility index (Phi) is 4.54. The Labute approximate surface area is 153 Å². The van der Waals surface area contributed by atoms with Crippen molar-refractivity contribution in [2.75, 3.05) is 20.1 Å². The Hall–Kier alpha value is -2.92. The fourth-order valence-corrected chi connectivity index (χ4v) is 3.46. The van der Waals surface area contributed by atoms with Crippen molar-refractivity contribution in [1.82, 2.24) is 20.4 Å². The van der Waals surface area contributed by atoms with Gasteiger partial charge in [-0.25, -0.2) is 0 Å². The molecule has 1 amide bonds. The number of aromatic amines is 1. The van der Waals surface area contributed by atoms with Crippen molar-refractivity contribution in [3.8, 4) is 22.4 Å². The smallest absolute Gasteiger partial charge is 0.233 e. The van der Waals surface area contributed by atoms with Gasteiger partial charge in [-0.15, -0.1) is 0 Å². The third kappa shape index (κ3) is 3.26. The number of rotatable bonds is 4. The monoisotopic (exact) mass is 346 g/mol. The lowest BCUT2D eigenvalue weighted by atomic mass is 9.98. The summed E-state index contributed by atoms with van der Waals surface area (Å²) < 4.78 is 0. The molecule has 1 aliphatic heterocycles. The van der Waals surface area contributed by atoms with Gasteiger partial charge in [0.05, 0.1) is 12.2 Å². The van der Waals surface area contributed by atoms with Crippen molar-refractivity contribution >= 4 is 5.91 Å². The van der Waals surface area contributed by atoms with Crippen LogP contribution in [0.5, 0.6) is 0 Å². The van der Waals surface area contributed by atoms with E-state index in [1.54, 1.807) is 7.05 Å². The summed E-state index contributed by atoms with van der Waals surface area (Å²) in [6.45, 7) is 2.04. The number of likely N-dealkylation sites (N-methyl/N-ethyl adjacent to an activating group) is 1. The van der Waals surface area contributed by atoms with Crippen LogP contribution in [-0.4, -0.2) is 41.1 Å². The summed E-state index contributed by atoms with van der Waals surface area (Å²) in [6.07, 6.45) is 0.890. The largest absolute Gasteiger partial charge is 0.358 e. The van der Waals surface area contributed by atoms with Crippen LogP contribution in [0.4, 0.5) is 0 Å². The number of amides is 1. The van der Waals surface area contributed by atoms with Crippen LogP contribution in [0.1, 0.15) is 11.3 Å². The van der Waals surface area contributed by atoms with Crippen LogP contribution in [0.2, 0.25) is 0 Å². The molecule has 0 bridgehead atoms. The number of H-pyrrole nitrogens is 1. The molecular formula is C21H22N4O. The van der Waals surface area contributed by atoms with Gasteiger partial charge in [-0.05, 0) is 11.1 Å². The van der Waals surface area contributed by atoms with Gasteiger partial charge in [0, 0.05) is 43.4 Å². The van der Waals surface area contributed by atoms with E-state index in [0.717, 1.165) is 30.8 Å². The molecule has 2 aromatic carbocycles. The molecule has 0 radical (unpaired) electrons. The fourth-order valence-electron chi connectivity index (χ4n) is 3.46. The second-order valence-electron chi connectivity index (χ2n) is 6.61. The molecule has 0 saturated carbocycles. The van der Waals surface area contributed by atoms with Gasteiger partial charge in [-0.3, -0.25) is 14.8 Å². The summed E-state index contributed by atoms with van der Waals surface area (Å²) >= 11 is 0. The summed E-state index contributed by atoms with van der Waals surface area (Å²) in [7, 11) is 1.68. The molecule has 5 heteroatoms. The van der Waals surface area contributed by atoms with E-state index in [1.807, 2.05) is 18.2 Å². The number of aromatic nitrogens is 2. The van der Waals surface area contributed by atoms with Crippen LogP contribution >= 0.6 is 0 Å². The number of fused-ring (bicyclic) bond motifs is 1. The molecule has 0 fully saturated rings. The minimum absolute atomic E-state index is 0.0470. The molecule has 3 aromatic rings. The number of hydrogen-bond donors (Lipinski definition) is 2. The van der Waals surface area contributed by atoms with Gasteiger partial charge in [-0.1, -0.05) is 54.6 Å². The lowest BCUT2D eigenvalue weighted by molar-refractivity contribution is -0.121. The SMILES string of the molecule is CNC(=O)CN1CCc2[nH]nc(-c3ccc(-c4ccccc4)cc3)c2C1. The third-order valence-electron chi connectivity index (χ3n) is 4.92. The van der Waals surface area contributed by atoms with E-state index < -0.39 is 0 Å². The van der Waals surface area contributed by atoms with Gasteiger partial charge in [0.2, 0.25) is 5.91 Å². The number of carbonyl (C=O) groups is 1. The summed E-state index contributed by atoms with van der Waals surface area (Å²) in [5.74, 6) is 0.0470. The number of nitrogens with one attached hydrogen (secondary N) is 2. The van der Waals surface area contributed by atoms with Crippen LogP contribution in [0.15, 0.2) is 54.6 Å². The van der Waals surface area contributed by atoms with Crippen LogP contribution < -0.4 is 5.32 Å². The maximum atomic E-state index is 11.7. The zero-order chi connectivity index (χ0) is 17.9. The third-order valence-corrected chi connectivity index (χ3v) is 4.92. The average molecular weight is 346 g/mol. The van der Waals surface area contributed by atoms with E-state index in [0.29, 0.717) is 6.54 Å². The van der Waals surface area contributed by atoms with E-state index in [2.05, 4.69) is 56.8 Å². The van der Waals surface area contributed by atoms with Gasteiger partial charge in [0.15, 0.2) is 0 Å². The molecule has 0 spiro atoms. The Morgan fingerprint density at radius 3 is 2.50 bits per heavy atom. The van der Waals surface area contributed by atoms with Gasteiger partial charge in [-0.2, -0.15) is 5.10 Å². The Morgan fingerprint density at radius 2 is 1.77 bits per heavy atom. The first-order valence-corrected chi connectivity index (χ1v) is 8.89. The first-order valence-electron chi connectivity index (χ1n) is 8.89. The van der Waals surface area contributed by atoms with Crippen LogP contribution in [0.25, 0.3) is 22.4 Å². The van der Waals surface area contributed by atoms with Crippen LogP contribution in [0, 0.1) is 0 Å². The molecular weight excluding hydrogens is 324 g/mol. The molecule has 1 aliphatic rings. The topological polar surface area (TPSA) is 61.0 Å². The van der Waals surface area contributed by atoms with Gasteiger partial charge < -0.3 is 5.32 Å². The average Bonchev–Trinajstić information content (AvgIpc) is 3.12. The zero-order valence-electron chi connectivity index (χ0n) is 14.8. The van der Waals surface area contributed by atoms with E-state index in [1.165, 1.54) is 22.4 Å². The molecule has 26 heavy (non-hydrogen) atoms. The van der Waals surface area contributed by atoms with E-state index in [9.17, 15) is 4.79 Å². The standard InChI is InChI=1S/C21H22N4O/c1-22-20(26)14-25-12-11-19-18(13-25)21(24-23-19)17-9-7-16(8-10-17)15-5-3-2-4-6-15/h2-10H,11-14H2,1H3,(H,22,26)(H,23,24). The molecule has 5 nitrogen and oxygen atoms in total. The van der Waals surface area contributed by atoms with E-state index in [-0.39, 0.29) is 5.91 Å². The summed E-state index contributed by atoms with van der Waals surface area (Å²) in [6, 6.07) is 18.9. The minimum atomic E-state index is 0.0470. The molecule has 0 aliphatic carbocycles. The second kappa shape index (κ2) is 7.14. The maximum absolute atomic E-state index is 11.7. The van der Waals surface area contributed by atoms with Crippen molar-refractivity contribution in [3.05, 3.63) is 65.9 Å². The van der Waals surface area contributed by atoms with Crippen molar-refractivity contribution in [2.45, 2.75) is 13.0 Å². The van der Waals surface area contributed by atoms with Gasteiger partial charge in [0.25, 0.3) is 0 Å². The lowest BCUT2D eigenvalue weighted by Gasteiger charge is -2.26. The quantitative estimate of drug-likeness (QED) is 0.764. The highest BCUT2D eigenvalue weighted by molar-refractivity contribution is 5.77. The lowest BCUT2D eigenvalue weighted by Crippen LogP contribution is -2.38. The molecule has 132 valence electrons. The van der Waals surface area contributed by atoms with Gasteiger partial charge >= 0.3 is 0 Å². The highest BCUT2D eigenvalue weighted by Crippen LogP contribution is 2.30. The van der Waals surface area contributed by atoms with Crippen molar-refractivity contribution < 1.29 is 4.79 Å². The van der Waals surface area contributed by atoms with E-state index >= 15 is 0 Å². The van der Waals surface area contributed by atoms with Gasteiger partial charge in [0.1, 0.15) is 0 Å². The molecule has 0 saturated heterocycles. The fraction of sp³-hybridized carbons (Fsp3) is 0.238. The summed E-state index contributed by atoms with van der Waals surface area (Å²) in [5.41, 5.74) is 6.87. The highest BCUT2D eigenvalue weighted by atomic mass is 16.1. The predicted octanol–water partition coefficient (Wildman–Crippen LogP) is 2.85. The van der Waals surface area contributed by atoms with Crippen molar-refractivity contribution in [1.29, 1.82) is 0 Å². The zero-order valence-corrected chi connectivity index (χ0v) is 14.8. The summed E-state index contributed by atoms with van der Waals surface area (Å²) in [5, 5.41) is 10.4. The second-order valence-corrected chi connectivity index (χ2v) is 6.61. The normalized spacial score (nSPS) is 14.0. The summed E-state index contributed by atoms with van der Waals surface area (Å²) in [4.78, 5) is 13.8. The Balaban J connectivity index is 1.58.